The molecule has 1 aromatic rings. The molecule has 172 valence electrons. The zero-order chi connectivity index (χ0) is 22.7. The molecule has 0 unspecified atom stereocenters. The number of ether oxygens (including phenoxy) is 1. The van der Waals surface area contributed by atoms with Crippen molar-refractivity contribution >= 4 is 15.9 Å². The van der Waals surface area contributed by atoms with Gasteiger partial charge in [-0.3, -0.25) is 4.72 Å². The lowest BCUT2D eigenvalue weighted by molar-refractivity contribution is 0.0156. The summed E-state index contributed by atoms with van der Waals surface area (Å²) >= 11 is 0. The van der Waals surface area contributed by atoms with Gasteiger partial charge in [0.05, 0.1) is 17.7 Å². The lowest BCUT2D eigenvalue weighted by atomic mass is 9.93. The third kappa shape index (κ3) is 8.62. The summed E-state index contributed by atoms with van der Waals surface area (Å²) in [7, 11) is 0.0920. The van der Waals surface area contributed by atoms with Crippen LogP contribution in [0.2, 0.25) is 0 Å². The Morgan fingerprint density at radius 1 is 1.16 bits per heavy atom. The second kappa shape index (κ2) is 12.8. The number of rotatable bonds is 13. The van der Waals surface area contributed by atoms with Crippen molar-refractivity contribution in [2.24, 2.45) is 0 Å². The van der Waals surface area contributed by atoms with Gasteiger partial charge in [0.2, 0.25) is 0 Å². The lowest BCUT2D eigenvalue weighted by Crippen LogP contribution is -2.43. The summed E-state index contributed by atoms with van der Waals surface area (Å²) in [6.45, 7) is 6.53. The molecule has 0 bridgehead atoms. The predicted octanol–water partition coefficient (Wildman–Crippen LogP) is 3.76. The highest BCUT2D eigenvalue weighted by molar-refractivity contribution is 7.90. The van der Waals surface area contributed by atoms with E-state index in [4.69, 9.17) is 10.00 Å². The number of hydrogen-bond donors (Lipinski definition) is 1. The second-order valence-corrected chi connectivity index (χ2v) is 9.96. The Morgan fingerprint density at radius 2 is 1.84 bits per heavy atom. The van der Waals surface area contributed by atoms with Crippen LogP contribution in [0.15, 0.2) is 36.9 Å². The Balaban J connectivity index is 1.67. The largest absolute Gasteiger partial charge is 0.378 e. The maximum Gasteiger partial charge on any atom is 0.301 e. The standard InChI is InChI=1S/C23H36N4O3S/c1-4-16-26(2)17-6-5-7-18-30-23-14-12-22(13-15-23)27(3)31(28,29)25-21-10-8-20(19-24)9-11-21/h4,8-11,22-23,25H,1,5-7,12-18H2,2-3H3. The van der Waals surface area contributed by atoms with Crippen LogP contribution in [0.4, 0.5) is 5.69 Å². The van der Waals surface area contributed by atoms with E-state index in [9.17, 15) is 8.42 Å². The molecule has 0 radical (unpaired) electrons. The lowest BCUT2D eigenvalue weighted by Gasteiger charge is -2.34. The van der Waals surface area contributed by atoms with E-state index >= 15 is 0 Å². The van der Waals surface area contributed by atoms with E-state index in [1.807, 2.05) is 12.1 Å². The van der Waals surface area contributed by atoms with Gasteiger partial charge in [-0.1, -0.05) is 6.08 Å². The van der Waals surface area contributed by atoms with Gasteiger partial charge in [-0.2, -0.15) is 18.0 Å². The predicted molar refractivity (Wildman–Crippen MR) is 125 cm³/mol. The quantitative estimate of drug-likeness (QED) is 0.367. The van der Waals surface area contributed by atoms with Crippen molar-refractivity contribution in [1.82, 2.24) is 9.21 Å². The normalized spacial score (nSPS) is 19.3. The van der Waals surface area contributed by atoms with Gasteiger partial charge in [-0.15, -0.1) is 6.58 Å². The smallest absolute Gasteiger partial charge is 0.301 e. The molecule has 1 N–H and O–H groups in total. The number of nitrogens with one attached hydrogen (secondary N) is 1. The Hall–Kier alpha value is -1.92. The number of likely N-dealkylation sites (N-methyl/N-ethyl adjacent to an activating group) is 1. The Bertz CT molecular complexity index is 812. The van der Waals surface area contributed by atoms with Crippen molar-refractivity contribution in [3.63, 3.8) is 0 Å². The molecule has 1 fully saturated rings. The number of benzene rings is 1. The topological polar surface area (TPSA) is 85.7 Å². The summed E-state index contributed by atoms with van der Waals surface area (Å²) in [5, 5.41) is 8.86. The molecular formula is C23H36N4O3S. The molecule has 1 saturated carbocycles. The number of nitrogens with zero attached hydrogens (tertiary/aromatic N) is 3. The Morgan fingerprint density at radius 3 is 2.45 bits per heavy atom. The summed E-state index contributed by atoms with van der Waals surface area (Å²) in [6, 6.07) is 8.39. The molecule has 1 aromatic carbocycles. The van der Waals surface area contributed by atoms with Crippen LogP contribution in [0, 0.1) is 11.3 Å². The highest BCUT2D eigenvalue weighted by atomic mass is 32.2. The summed E-state index contributed by atoms with van der Waals surface area (Å²) < 4.78 is 35.5. The molecule has 0 atom stereocenters. The molecular weight excluding hydrogens is 412 g/mol. The van der Waals surface area contributed by atoms with Crippen LogP contribution in [0.5, 0.6) is 0 Å². The van der Waals surface area contributed by atoms with Crippen LogP contribution in [0.3, 0.4) is 0 Å². The van der Waals surface area contributed by atoms with Crippen molar-refractivity contribution in [2.75, 3.05) is 38.5 Å². The number of unbranched alkanes of at least 4 members (excludes halogenated alkanes) is 2. The van der Waals surface area contributed by atoms with Crippen LogP contribution < -0.4 is 4.72 Å². The zero-order valence-corrected chi connectivity index (χ0v) is 19.6. The van der Waals surface area contributed by atoms with E-state index in [1.165, 1.54) is 4.31 Å². The van der Waals surface area contributed by atoms with E-state index in [0.29, 0.717) is 11.3 Å². The highest BCUT2D eigenvalue weighted by Gasteiger charge is 2.30. The fourth-order valence-electron chi connectivity index (χ4n) is 3.83. The number of nitriles is 1. The Kier molecular flexibility index (Phi) is 10.5. The molecule has 2 rings (SSSR count). The average molecular weight is 449 g/mol. The Labute approximate surface area is 187 Å². The fourth-order valence-corrected chi connectivity index (χ4v) is 5.01. The maximum atomic E-state index is 12.7. The van der Waals surface area contributed by atoms with Crippen LogP contribution in [-0.2, 0) is 14.9 Å². The molecule has 0 aliphatic heterocycles. The van der Waals surface area contributed by atoms with Crippen molar-refractivity contribution in [2.45, 2.75) is 57.1 Å². The summed E-state index contributed by atoms with van der Waals surface area (Å²) in [4.78, 5) is 2.26. The van der Waals surface area contributed by atoms with Gasteiger partial charge in [0.15, 0.2) is 0 Å². The van der Waals surface area contributed by atoms with Crippen LogP contribution in [0.1, 0.15) is 50.5 Å². The first-order valence-electron chi connectivity index (χ1n) is 11.0. The fraction of sp³-hybridized carbons (Fsp3) is 0.609. The maximum absolute atomic E-state index is 12.7. The van der Waals surface area contributed by atoms with Gasteiger partial charge in [0.1, 0.15) is 0 Å². The summed E-state index contributed by atoms with van der Waals surface area (Å²) in [6.07, 6.45) is 8.86. The van der Waals surface area contributed by atoms with E-state index in [-0.39, 0.29) is 12.1 Å². The van der Waals surface area contributed by atoms with E-state index in [1.54, 1.807) is 31.3 Å². The van der Waals surface area contributed by atoms with E-state index < -0.39 is 10.2 Å². The first kappa shape index (κ1) is 25.3. The van der Waals surface area contributed by atoms with Crippen LogP contribution in [-0.4, -0.2) is 63.6 Å². The van der Waals surface area contributed by atoms with Crippen LogP contribution >= 0.6 is 0 Å². The molecule has 0 aromatic heterocycles. The molecule has 31 heavy (non-hydrogen) atoms. The van der Waals surface area contributed by atoms with Crippen molar-refractivity contribution in [3.05, 3.63) is 42.5 Å². The molecule has 8 heteroatoms. The molecule has 0 heterocycles. The van der Waals surface area contributed by atoms with Gasteiger partial charge in [0, 0.05) is 31.9 Å². The van der Waals surface area contributed by atoms with E-state index in [2.05, 4.69) is 23.2 Å². The van der Waals surface area contributed by atoms with Gasteiger partial charge in [-0.05, 0) is 82.8 Å². The minimum absolute atomic E-state index is 0.0314. The highest BCUT2D eigenvalue weighted by Crippen LogP contribution is 2.26. The van der Waals surface area contributed by atoms with Gasteiger partial charge < -0.3 is 9.64 Å². The van der Waals surface area contributed by atoms with Gasteiger partial charge >= 0.3 is 10.2 Å². The monoisotopic (exact) mass is 448 g/mol. The third-order valence-corrected chi connectivity index (χ3v) is 7.33. The first-order chi connectivity index (χ1) is 14.9. The SMILES string of the molecule is C=CCN(C)CCCCCOC1CCC(N(C)S(=O)(=O)Nc2ccc(C#N)cc2)CC1. The molecule has 0 saturated heterocycles. The summed E-state index contributed by atoms with van der Waals surface area (Å²) in [5.74, 6) is 0. The van der Waals surface area contributed by atoms with Gasteiger partial charge in [0.25, 0.3) is 0 Å². The molecule has 1 aliphatic rings. The average Bonchev–Trinajstić information content (AvgIpc) is 2.76. The third-order valence-electron chi connectivity index (χ3n) is 5.78. The molecule has 7 nitrogen and oxygen atoms in total. The summed E-state index contributed by atoms with van der Waals surface area (Å²) in [5.41, 5.74) is 0.952. The van der Waals surface area contributed by atoms with Gasteiger partial charge in [-0.25, -0.2) is 0 Å². The number of hydrogen-bond acceptors (Lipinski definition) is 5. The second-order valence-electron chi connectivity index (χ2n) is 8.23. The number of anilines is 1. The van der Waals surface area contributed by atoms with E-state index in [0.717, 1.165) is 64.6 Å². The molecule has 1 aliphatic carbocycles. The first-order valence-corrected chi connectivity index (χ1v) is 12.5. The minimum Gasteiger partial charge on any atom is -0.378 e. The van der Waals surface area contributed by atoms with Crippen molar-refractivity contribution in [1.29, 1.82) is 5.26 Å². The van der Waals surface area contributed by atoms with Crippen LogP contribution in [0.25, 0.3) is 0 Å². The van der Waals surface area contributed by atoms with Crippen molar-refractivity contribution < 1.29 is 13.2 Å². The minimum atomic E-state index is -3.64. The van der Waals surface area contributed by atoms with Crippen molar-refractivity contribution in [3.8, 4) is 6.07 Å². The zero-order valence-electron chi connectivity index (χ0n) is 18.8. The molecule has 0 amide bonds. The molecule has 0 spiro atoms.